The number of carbonyl (C=O) groups excluding carboxylic acids is 1. The lowest BCUT2D eigenvalue weighted by molar-refractivity contribution is -0.118. The van der Waals surface area contributed by atoms with Gasteiger partial charge in [0.25, 0.3) is 0 Å². The fourth-order valence-electron chi connectivity index (χ4n) is 3.74. The van der Waals surface area contributed by atoms with Crippen molar-refractivity contribution >= 4 is 45.1 Å². The van der Waals surface area contributed by atoms with Gasteiger partial charge in [0, 0.05) is 21.9 Å². The van der Waals surface area contributed by atoms with Crippen LogP contribution in [0.25, 0.3) is 21.9 Å². The molecule has 1 atom stereocenters. The number of carbonyl (C=O) groups is 1. The lowest BCUT2D eigenvalue weighted by atomic mass is 9.87. The Morgan fingerprint density at radius 2 is 1.72 bits per heavy atom. The number of hydrogen-bond acceptors (Lipinski definition) is 3. The van der Waals surface area contributed by atoms with Gasteiger partial charge in [0.05, 0.1) is 18.7 Å². The van der Waals surface area contributed by atoms with Crippen LogP contribution in [0.5, 0.6) is 5.75 Å². The number of fused-ring (bicyclic) bond motifs is 3. The van der Waals surface area contributed by atoms with Crippen LogP contribution in [-0.4, -0.2) is 13.0 Å². The molecule has 0 spiro atoms. The van der Waals surface area contributed by atoms with Crippen LogP contribution in [0, 0.1) is 5.92 Å². The summed E-state index contributed by atoms with van der Waals surface area (Å²) in [6.07, 6.45) is 0. The second-order valence-corrected chi connectivity index (χ2v) is 7.85. The van der Waals surface area contributed by atoms with Crippen LogP contribution in [0.2, 0.25) is 5.02 Å². The summed E-state index contributed by atoms with van der Waals surface area (Å²) in [5.41, 5.74) is 3.01. The lowest BCUT2D eigenvalue weighted by Crippen LogP contribution is -2.25. The van der Waals surface area contributed by atoms with Gasteiger partial charge >= 0.3 is 0 Å². The number of para-hydroxylation sites is 1. The van der Waals surface area contributed by atoms with Crippen molar-refractivity contribution in [1.82, 2.24) is 0 Å². The van der Waals surface area contributed by atoms with Crippen molar-refractivity contribution < 1.29 is 13.9 Å². The molecular weight excluding hydrogens is 386 g/mol. The molecule has 0 aliphatic rings. The summed E-state index contributed by atoms with van der Waals surface area (Å²) in [7, 11) is 1.60. The Labute approximate surface area is 174 Å². The minimum absolute atomic E-state index is 0.101. The van der Waals surface area contributed by atoms with E-state index >= 15 is 0 Å². The van der Waals surface area contributed by atoms with Gasteiger partial charge in [0.1, 0.15) is 16.9 Å². The second-order valence-electron chi connectivity index (χ2n) is 7.41. The Balaban J connectivity index is 1.72. The van der Waals surface area contributed by atoms with Crippen molar-refractivity contribution in [3.05, 3.63) is 71.2 Å². The molecule has 1 aromatic heterocycles. The van der Waals surface area contributed by atoms with Gasteiger partial charge in [-0.2, -0.15) is 0 Å². The number of rotatable bonds is 5. The summed E-state index contributed by atoms with van der Waals surface area (Å²) in [6.45, 7) is 4.05. The van der Waals surface area contributed by atoms with Gasteiger partial charge < -0.3 is 14.5 Å². The Hall–Kier alpha value is -2.98. The van der Waals surface area contributed by atoms with Gasteiger partial charge in [0.2, 0.25) is 5.91 Å². The van der Waals surface area contributed by atoms with E-state index in [1.54, 1.807) is 19.2 Å². The number of nitrogens with one attached hydrogen (secondary N) is 1. The predicted octanol–water partition coefficient (Wildman–Crippen LogP) is 6.63. The Morgan fingerprint density at radius 3 is 2.41 bits per heavy atom. The molecule has 0 saturated carbocycles. The largest absolute Gasteiger partial charge is 0.495 e. The molecule has 1 N–H and O–H groups in total. The van der Waals surface area contributed by atoms with Crippen molar-refractivity contribution in [3.8, 4) is 5.75 Å². The zero-order valence-corrected chi connectivity index (χ0v) is 17.3. The molecule has 0 aliphatic carbocycles. The first-order chi connectivity index (χ1) is 14.0. The second kappa shape index (κ2) is 7.80. The lowest BCUT2D eigenvalue weighted by Gasteiger charge is -2.21. The van der Waals surface area contributed by atoms with Crippen molar-refractivity contribution in [3.63, 3.8) is 0 Å². The number of amides is 1. The van der Waals surface area contributed by atoms with E-state index in [4.69, 9.17) is 20.8 Å². The number of ether oxygens (including phenoxy) is 1. The average Bonchev–Trinajstić information content (AvgIpc) is 3.06. The maximum atomic E-state index is 13.2. The molecule has 0 bridgehead atoms. The van der Waals surface area contributed by atoms with Gasteiger partial charge in [-0.15, -0.1) is 0 Å². The molecule has 4 nitrogen and oxygen atoms in total. The van der Waals surface area contributed by atoms with E-state index in [-0.39, 0.29) is 17.7 Å². The van der Waals surface area contributed by atoms with Crippen molar-refractivity contribution in [2.24, 2.45) is 5.92 Å². The molecule has 1 amide bonds. The molecule has 4 rings (SSSR count). The third-order valence-corrected chi connectivity index (χ3v) is 5.39. The van der Waals surface area contributed by atoms with Gasteiger partial charge in [-0.1, -0.05) is 55.8 Å². The summed E-state index contributed by atoms with van der Waals surface area (Å²) >= 11 is 6.01. The number of halogens is 1. The highest BCUT2D eigenvalue weighted by Gasteiger charge is 2.25. The van der Waals surface area contributed by atoms with Crippen LogP contribution in [0.1, 0.15) is 25.3 Å². The molecule has 0 radical (unpaired) electrons. The van der Waals surface area contributed by atoms with Crippen molar-refractivity contribution in [2.45, 2.75) is 19.8 Å². The first-order valence-electron chi connectivity index (χ1n) is 9.53. The highest BCUT2D eigenvalue weighted by molar-refractivity contribution is 6.30. The van der Waals surface area contributed by atoms with E-state index in [0.29, 0.717) is 22.0 Å². The van der Waals surface area contributed by atoms with Crippen LogP contribution < -0.4 is 10.1 Å². The molecule has 3 aromatic carbocycles. The summed E-state index contributed by atoms with van der Waals surface area (Å²) in [5, 5.41) is 5.65. The topological polar surface area (TPSA) is 51.5 Å². The average molecular weight is 408 g/mol. The normalized spacial score (nSPS) is 12.4. The fourth-order valence-corrected chi connectivity index (χ4v) is 3.86. The van der Waals surface area contributed by atoms with Gasteiger partial charge in [-0.05, 0) is 35.7 Å². The maximum absolute atomic E-state index is 13.2. The highest BCUT2D eigenvalue weighted by atomic mass is 35.5. The monoisotopic (exact) mass is 407 g/mol. The molecule has 148 valence electrons. The predicted molar refractivity (Wildman–Crippen MR) is 118 cm³/mol. The smallest absolute Gasteiger partial charge is 0.232 e. The Kier molecular flexibility index (Phi) is 5.20. The summed E-state index contributed by atoms with van der Waals surface area (Å²) in [4.78, 5) is 13.2. The number of furan rings is 1. The molecule has 1 heterocycles. The number of anilines is 1. The maximum Gasteiger partial charge on any atom is 0.232 e. The SMILES string of the molecule is COc1cc2c(cc1NC(=O)C(c1ccc(Cl)cc1)C(C)C)oc1ccccc12. The number of benzene rings is 3. The van der Waals surface area contributed by atoms with Crippen LogP contribution >= 0.6 is 11.6 Å². The zero-order chi connectivity index (χ0) is 20.5. The van der Waals surface area contributed by atoms with E-state index in [9.17, 15) is 4.79 Å². The quantitative estimate of drug-likeness (QED) is 0.404. The van der Waals surface area contributed by atoms with E-state index in [1.807, 2.05) is 62.4 Å². The molecule has 0 aliphatic heterocycles. The van der Waals surface area contributed by atoms with Crippen molar-refractivity contribution in [2.75, 3.05) is 12.4 Å². The number of hydrogen-bond donors (Lipinski definition) is 1. The summed E-state index contributed by atoms with van der Waals surface area (Å²) in [6, 6.07) is 19.0. The number of methoxy groups -OCH3 is 1. The third kappa shape index (κ3) is 3.68. The Bertz CT molecular complexity index is 1180. The molecule has 1 unspecified atom stereocenters. The minimum Gasteiger partial charge on any atom is -0.495 e. The standard InChI is InChI=1S/C24H22ClNO3/c1-14(2)23(15-8-10-16(25)11-9-15)24(27)26-19-13-21-18(12-22(19)28-3)17-6-4-5-7-20(17)29-21/h4-14,23H,1-3H3,(H,26,27). The van der Waals surface area contributed by atoms with Gasteiger partial charge in [-0.25, -0.2) is 0 Å². The fraction of sp³-hybridized carbons (Fsp3) is 0.208. The van der Waals surface area contributed by atoms with Gasteiger partial charge in [0.15, 0.2) is 0 Å². The molecular formula is C24H22ClNO3. The van der Waals surface area contributed by atoms with Crippen LogP contribution in [0.3, 0.4) is 0 Å². The van der Waals surface area contributed by atoms with Crippen LogP contribution in [0.4, 0.5) is 5.69 Å². The summed E-state index contributed by atoms with van der Waals surface area (Å²) < 4.78 is 11.5. The minimum atomic E-state index is -0.316. The van der Waals surface area contributed by atoms with Crippen LogP contribution in [-0.2, 0) is 4.79 Å². The van der Waals surface area contributed by atoms with Crippen LogP contribution in [0.15, 0.2) is 65.1 Å². The van der Waals surface area contributed by atoms with E-state index in [1.165, 1.54) is 0 Å². The molecule has 4 aromatic rings. The van der Waals surface area contributed by atoms with Crippen molar-refractivity contribution in [1.29, 1.82) is 0 Å². The van der Waals surface area contributed by atoms with E-state index < -0.39 is 0 Å². The highest BCUT2D eigenvalue weighted by Crippen LogP contribution is 2.37. The first-order valence-corrected chi connectivity index (χ1v) is 9.91. The third-order valence-electron chi connectivity index (χ3n) is 5.13. The molecule has 29 heavy (non-hydrogen) atoms. The molecule has 5 heteroatoms. The molecule has 0 saturated heterocycles. The molecule has 0 fully saturated rings. The van der Waals surface area contributed by atoms with E-state index in [2.05, 4.69) is 5.32 Å². The summed E-state index contributed by atoms with van der Waals surface area (Å²) in [5.74, 6) is 0.285. The zero-order valence-electron chi connectivity index (χ0n) is 16.5. The van der Waals surface area contributed by atoms with E-state index in [0.717, 1.165) is 21.9 Å². The Morgan fingerprint density at radius 1 is 1.00 bits per heavy atom. The first kappa shape index (κ1) is 19.3. The van der Waals surface area contributed by atoms with Gasteiger partial charge in [-0.3, -0.25) is 4.79 Å².